The van der Waals surface area contributed by atoms with Crippen LogP contribution in [0.4, 0.5) is 0 Å². The van der Waals surface area contributed by atoms with Gasteiger partial charge in [0.15, 0.2) is 0 Å². The van der Waals surface area contributed by atoms with Gasteiger partial charge in [0.1, 0.15) is 4.21 Å². The monoisotopic (exact) mass is 367 g/mol. The highest BCUT2D eigenvalue weighted by molar-refractivity contribution is 7.91. The van der Waals surface area contributed by atoms with E-state index in [0.29, 0.717) is 4.34 Å². The average Bonchev–Trinajstić information content (AvgIpc) is 3.16. The lowest BCUT2D eigenvalue weighted by molar-refractivity contribution is 0.561. The van der Waals surface area contributed by atoms with E-state index in [1.807, 2.05) is 30.3 Å². The molecule has 0 saturated heterocycles. The van der Waals surface area contributed by atoms with Gasteiger partial charge in [-0.15, -0.1) is 11.3 Å². The van der Waals surface area contributed by atoms with Crippen molar-refractivity contribution in [2.24, 2.45) is 0 Å². The molecule has 1 N–H and O–H groups in total. The van der Waals surface area contributed by atoms with Crippen molar-refractivity contribution in [2.75, 3.05) is 0 Å². The van der Waals surface area contributed by atoms with Crippen molar-refractivity contribution in [3.8, 4) is 5.69 Å². The van der Waals surface area contributed by atoms with Gasteiger partial charge in [0.25, 0.3) is 10.0 Å². The second-order valence-electron chi connectivity index (χ2n) is 4.90. The minimum atomic E-state index is -3.62. The Kier molecular flexibility index (Phi) is 4.54. The fourth-order valence-corrected chi connectivity index (χ4v) is 4.94. The quantitative estimate of drug-likeness (QED) is 0.749. The Balaban J connectivity index is 1.88. The molecule has 0 aliphatic rings. The number of aromatic nitrogens is 2. The summed E-state index contributed by atoms with van der Waals surface area (Å²) in [6, 6.07) is 14.0. The predicted molar refractivity (Wildman–Crippen MR) is 91.6 cm³/mol. The highest BCUT2D eigenvalue weighted by Gasteiger charge is 2.22. The van der Waals surface area contributed by atoms with Crippen LogP contribution in [0, 0.1) is 0 Å². The lowest BCUT2D eigenvalue weighted by atomic mass is 10.2. The summed E-state index contributed by atoms with van der Waals surface area (Å²) >= 11 is 6.85. The van der Waals surface area contributed by atoms with Crippen molar-refractivity contribution in [3.63, 3.8) is 0 Å². The molecule has 5 nitrogen and oxygen atoms in total. The van der Waals surface area contributed by atoms with Crippen molar-refractivity contribution >= 4 is 33.0 Å². The highest BCUT2D eigenvalue weighted by Crippen LogP contribution is 2.27. The summed E-state index contributed by atoms with van der Waals surface area (Å²) in [5, 5.41) is 4.28. The number of hydrogen-bond acceptors (Lipinski definition) is 4. The van der Waals surface area contributed by atoms with Crippen LogP contribution >= 0.6 is 22.9 Å². The molecule has 23 heavy (non-hydrogen) atoms. The number of sulfonamides is 1. The van der Waals surface area contributed by atoms with E-state index in [2.05, 4.69) is 9.82 Å². The smallest absolute Gasteiger partial charge is 0.236 e. The summed E-state index contributed by atoms with van der Waals surface area (Å²) in [7, 11) is -3.62. The van der Waals surface area contributed by atoms with Crippen LogP contribution in [0.15, 0.2) is 58.9 Å². The maximum absolute atomic E-state index is 12.4. The van der Waals surface area contributed by atoms with Crippen molar-refractivity contribution in [2.45, 2.75) is 17.2 Å². The minimum absolute atomic E-state index is 0.195. The zero-order valence-corrected chi connectivity index (χ0v) is 14.6. The first-order chi connectivity index (χ1) is 11.0. The molecular weight excluding hydrogens is 354 g/mol. The summed E-state index contributed by atoms with van der Waals surface area (Å²) in [6.07, 6.45) is 1.65. The zero-order valence-electron chi connectivity index (χ0n) is 12.2. The number of para-hydroxylation sites is 1. The molecule has 0 aliphatic carbocycles. The second kappa shape index (κ2) is 6.45. The normalized spacial score (nSPS) is 13.1. The van der Waals surface area contributed by atoms with E-state index in [4.69, 9.17) is 11.6 Å². The molecule has 8 heteroatoms. The maximum atomic E-state index is 12.4. The van der Waals surface area contributed by atoms with Crippen LogP contribution in [-0.2, 0) is 10.0 Å². The summed E-state index contributed by atoms with van der Waals surface area (Å²) in [4.78, 5) is 0. The van der Waals surface area contributed by atoms with Crippen molar-refractivity contribution in [3.05, 3.63) is 64.8 Å². The van der Waals surface area contributed by atoms with Crippen LogP contribution in [0.5, 0.6) is 0 Å². The number of rotatable bonds is 5. The van der Waals surface area contributed by atoms with E-state index in [-0.39, 0.29) is 4.21 Å². The highest BCUT2D eigenvalue weighted by atomic mass is 35.5. The first-order valence-electron chi connectivity index (χ1n) is 6.84. The Morgan fingerprint density at radius 2 is 1.91 bits per heavy atom. The molecule has 0 aliphatic heterocycles. The van der Waals surface area contributed by atoms with Gasteiger partial charge in [-0.05, 0) is 37.3 Å². The molecule has 120 valence electrons. The summed E-state index contributed by atoms with van der Waals surface area (Å²) in [5.41, 5.74) is 1.63. The van der Waals surface area contributed by atoms with E-state index >= 15 is 0 Å². The largest absolute Gasteiger partial charge is 0.250 e. The predicted octanol–water partition coefficient (Wildman–Crippen LogP) is 3.63. The third-order valence-electron chi connectivity index (χ3n) is 3.26. The van der Waals surface area contributed by atoms with E-state index in [1.54, 1.807) is 29.9 Å². The van der Waals surface area contributed by atoms with Gasteiger partial charge in [-0.1, -0.05) is 29.8 Å². The molecule has 0 radical (unpaired) electrons. The fourth-order valence-electron chi connectivity index (χ4n) is 2.22. The molecule has 2 heterocycles. The Labute approximate surface area is 143 Å². The average molecular weight is 368 g/mol. The van der Waals surface area contributed by atoms with Gasteiger partial charge in [0.2, 0.25) is 0 Å². The topological polar surface area (TPSA) is 64.0 Å². The third kappa shape index (κ3) is 3.48. The number of thiophene rings is 1. The first-order valence-corrected chi connectivity index (χ1v) is 9.52. The van der Waals surface area contributed by atoms with Gasteiger partial charge in [-0.2, -0.15) is 5.10 Å². The third-order valence-corrected chi connectivity index (χ3v) is 6.53. The van der Waals surface area contributed by atoms with Crippen LogP contribution in [0.1, 0.15) is 18.7 Å². The molecule has 0 saturated carbocycles. The van der Waals surface area contributed by atoms with Gasteiger partial charge in [0, 0.05) is 6.20 Å². The minimum Gasteiger partial charge on any atom is -0.236 e. The molecule has 3 rings (SSSR count). The molecule has 0 amide bonds. The summed E-state index contributed by atoms with van der Waals surface area (Å²) in [6.45, 7) is 1.78. The number of nitrogens with one attached hydrogen (secondary N) is 1. The molecule has 0 fully saturated rings. The number of nitrogens with zero attached hydrogens (tertiary/aromatic N) is 2. The first kappa shape index (κ1) is 16.2. The van der Waals surface area contributed by atoms with Crippen molar-refractivity contribution in [1.82, 2.24) is 14.5 Å². The van der Waals surface area contributed by atoms with Crippen LogP contribution in [-0.4, -0.2) is 18.2 Å². The number of hydrogen-bond donors (Lipinski definition) is 1. The van der Waals surface area contributed by atoms with Crippen molar-refractivity contribution < 1.29 is 8.42 Å². The zero-order chi connectivity index (χ0) is 16.4. The summed E-state index contributed by atoms with van der Waals surface area (Å²) < 4.78 is 29.8. The molecule has 0 spiro atoms. The molecule has 1 aromatic carbocycles. The lowest BCUT2D eigenvalue weighted by Crippen LogP contribution is -2.27. The molecule has 0 bridgehead atoms. The van der Waals surface area contributed by atoms with Gasteiger partial charge >= 0.3 is 0 Å². The molecule has 2 aromatic heterocycles. The van der Waals surface area contributed by atoms with Crippen LogP contribution in [0.25, 0.3) is 5.69 Å². The number of benzene rings is 1. The molecule has 1 atom stereocenters. The van der Waals surface area contributed by atoms with Crippen LogP contribution in [0.3, 0.4) is 0 Å². The molecular formula is C15H14ClN3O2S2. The van der Waals surface area contributed by atoms with E-state index in [0.717, 1.165) is 22.7 Å². The van der Waals surface area contributed by atoms with Gasteiger partial charge in [-0.3, -0.25) is 0 Å². The van der Waals surface area contributed by atoms with E-state index < -0.39 is 16.1 Å². The lowest BCUT2D eigenvalue weighted by Gasteiger charge is -2.15. The van der Waals surface area contributed by atoms with Gasteiger partial charge in [0.05, 0.1) is 21.8 Å². The Hall–Kier alpha value is -1.67. The molecule has 3 aromatic rings. The van der Waals surface area contributed by atoms with Crippen LogP contribution in [0.2, 0.25) is 4.34 Å². The van der Waals surface area contributed by atoms with E-state index in [1.165, 1.54) is 6.07 Å². The summed E-state index contributed by atoms with van der Waals surface area (Å²) in [5.74, 6) is 0. The van der Waals surface area contributed by atoms with Gasteiger partial charge < -0.3 is 0 Å². The standard InChI is InChI=1S/C15H14ClN3O2S2/c1-11(18-23(20,21)15-8-7-14(16)22-15)13-9-10-17-19(13)12-5-3-2-4-6-12/h2-11,18H,1H3. The number of halogens is 1. The fraction of sp³-hybridized carbons (Fsp3) is 0.133. The van der Waals surface area contributed by atoms with E-state index in [9.17, 15) is 8.42 Å². The van der Waals surface area contributed by atoms with Crippen molar-refractivity contribution in [1.29, 1.82) is 0 Å². The van der Waals surface area contributed by atoms with Gasteiger partial charge in [-0.25, -0.2) is 17.8 Å². The second-order valence-corrected chi connectivity index (χ2v) is 8.56. The Morgan fingerprint density at radius 1 is 1.17 bits per heavy atom. The maximum Gasteiger partial charge on any atom is 0.250 e. The van der Waals surface area contributed by atoms with Crippen LogP contribution < -0.4 is 4.72 Å². The Morgan fingerprint density at radius 3 is 2.57 bits per heavy atom. The SMILES string of the molecule is CC(NS(=O)(=O)c1ccc(Cl)s1)c1ccnn1-c1ccccc1. The Bertz CT molecular complexity index is 904. The molecule has 1 unspecified atom stereocenters.